The average Bonchev–Trinajstić information content (AvgIpc) is 3.34. The number of carbonyl (C=O) groups excluding carboxylic acids is 1. The predicted molar refractivity (Wildman–Crippen MR) is 91.0 cm³/mol. The van der Waals surface area contributed by atoms with E-state index in [0.29, 0.717) is 24.9 Å². The lowest BCUT2D eigenvalue weighted by Gasteiger charge is -2.33. The van der Waals surface area contributed by atoms with Crippen LogP contribution >= 0.6 is 0 Å². The van der Waals surface area contributed by atoms with Crippen molar-refractivity contribution in [2.75, 3.05) is 18.4 Å². The number of carbonyl (C=O) groups is 1. The van der Waals surface area contributed by atoms with Crippen LogP contribution in [0.5, 0.6) is 0 Å². The maximum absolute atomic E-state index is 12.4. The Morgan fingerprint density at radius 3 is 2.75 bits per heavy atom. The van der Waals surface area contributed by atoms with Gasteiger partial charge in [0, 0.05) is 30.8 Å². The van der Waals surface area contributed by atoms with Crippen LogP contribution in [-0.2, 0) is 0 Å². The number of anilines is 1. The van der Waals surface area contributed by atoms with E-state index in [1.54, 1.807) is 4.90 Å². The molecule has 1 saturated carbocycles. The molecule has 2 amide bonds. The number of nitrogens with zero attached hydrogens (tertiary/aromatic N) is 2. The van der Waals surface area contributed by atoms with Gasteiger partial charge in [0.25, 0.3) is 0 Å². The minimum absolute atomic E-state index is 0.0969. The number of benzene rings is 1. The molecule has 1 aliphatic heterocycles. The summed E-state index contributed by atoms with van der Waals surface area (Å²) < 4.78 is 5.80. The third-order valence-electron chi connectivity index (χ3n) is 5.09. The summed E-state index contributed by atoms with van der Waals surface area (Å²) in [7, 11) is 0. The van der Waals surface area contributed by atoms with Gasteiger partial charge in [-0.3, -0.25) is 0 Å². The fourth-order valence-electron chi connectivity index (χ4n) is 3.31. The number of fused-ring (bicyclic) bond motifs is 1. The molecule has 2 fully saturated rings. The zero-order chi connectivity index (χ0) is 16.7. The molecule has 0 bridgehead atoms. The number of nitrogens with one attached hydrogen (secondary N) is 1. The number of hydrogen-bond acceptors (Lipinski definition) is 4. The van der Waals surface area contributed by atoms with Crippen LogP contribution in [0.2, 0.25) is 0 Å². The van der Waals surface area contributed by atoms with Gasteiger partial charge in [-0.25, -0.2) is 9.78 Å². The maximum Gasteiger partial charge on any atom is 0.321 e. The predicted octanol–water partition coefficient (Wildman–Crippen LogP) is 3.33. The van der Waals surface area contributed by atoms with Crippen molar-refractivity contribution in [3.8, 4) is 0 Å². The molecule has 0 radical (unpaired) electrons. The summed E-state index contributed by atoms with van der Waals surface area (Å²) in [5.41, 5.74) is 2.29. The lowest BCUT2D eigenvalue weighted by molar-refractivity contribution is 0.0820. The normalized spacial score (nSPS) is 20.3. The maximum atomic E-state index is 12.4. The summed E-state index contributed by atoms with van der Waals surface area (Å²) in [6.45, 7) is 3.18. The van der Waals surface area contributed by atoms with Gasteiger partial charge < -0.3 is 19.7 Å². The summed E-state index contributed by atoms with van der Waals surface area (Å²) in [6, 6.07) is 5.50. The first-order chi connectivity index (χ1) is 11.6. The number of amides is 2. The molecule has 1 atom stereocenters. The van der Waals surface area contributed by atoms with Crippen molar-refractivity contribution in [3.63, 3.8) is 0 Å². The van der Waals surface area contributed by atoms with E-state index in [2.05, 4.69) is 10.3 Å². The molecule has 24 heavy (non-hydrogen) atoms. The van der Waals surface area contributed by atoms with E-state index < -0.39 is 0 Å². The summed E-state index contributed by atoms with van der Waals surface area (Å²) in [5, 5.41) is 12.6. The standard InChI is InChI=1S/C18H23N3O3/c1-11(22)12-6-8-21(9-7-12)18(23)19-14-4-5-15-16(10-14)24-17(20-15)13-2-3-13/h4-5,10-13,22H,2-3,6-9H2,1H3,(H,19,23). The molecule has 1 unspecified atom stereocenters. The molecular formula is C18H23N3O3. The van der Waals surface area contributed by atoms with Gasteiger partial charge in [0.1, 0.15) is 5.52 Å². The summed E-state index contributed by atoms with van der Waals surface area (Å²) in [4.78, 5) is 18.7. The Morgan fingerprint density at radius 1 is 1.33 bits per heavy atom. The number of aliphatic hydroxyl groups is 1. The van der Waals surface area contributed by atoms with Crippen LogP contribution in [-0.4, -0.2) is 40.2 Å². The van der Waals surface area contributed by atoms with E-state index in [4.69, 9.17) is 4.42 Å². The average molecular weight is 329 g/mol. The minimum Gasteiger partial charge on any atom is -0.440 e. The minimum atomic E-state index is -0.301. The second-order valence-electron chi connectivity index (χ2n) is 7.00. The summed E-state index contributed by atoms with van der Waals surface area (Å²) in [6.07, 6.45) is 3.69. The molecule has 0 spiro atoms. The molecule has 6 nitrogen and oxygen atoms in total. The van der Waals surface area contributed by atoms with Gasteiger partial charge >= 0.3 is 6.03 Å². The lowest BCUT2D eigenvalue weighted by atomic mass is 9.92. The van der Waals surface area contributed by atoms with Crippen molar-refractivity contribution in [3.05, 3.63) is 24.1 Å². The van der Waals surface area contributed by atoms with Gasteiger partial charge in [-0.1, -0.05) is 0 Å². The molecule has 1 saturated heterocycles. The topological polar surface area (TPSA) is 78.6 Å². The van der Waals surface area contributed by atoms with Gasteiger partial charge in [0.2, 0.25) is 0 Å². The van der Waals surface area contributed by atoms with Crippen molar-refractivity contribution in [1.29, 1.82) is 0 Å². The Labute approximate surface area is 140 Å². The van der Waals surface area contributed by atoms with Gasteiger partial charge in [-0.05, 0) is 50.7 Å². The zero-order valence-corrected chi connectivity index (χ0v) is 13.9. The highest BCUT2D eigenvalue weighted by atomic mass is 16.3. The first-order valence-electron chi connectivity index (χ1n) is 8.74. The fraction of sp³-hybridized carbons (Fsp3) is 0.556. The van der Waals surface area contributed by atoms with E-state index in [1.165, 1.54) is 0 Å². The van der Waals surface area contributed by atoms with Crippen LogP contribution in [0.15, 0.2) is 22.6 Å². The molecule has 1 aromatic heterocycles. The summed E-state index contributed by atoms with van der Waals surface area (Å²) >= 11 is 0. The number of hydrogen-bond donors (Lipinski definition) is 2. The molecule has 2 heterocycles. The SMILES string of the molecule is CC(O)C1CCN(C(=O)Nc2ccc3nc(C4CC4)oc3c2)CC1. The van der Waals surface area contributed by atoms with Crippen LogP contribution in [0.1, 0.15) is 44.4 Å². The second-order valence-corrected chi connectivity index (χ2v) is 7.00. The van der Waals surface area contributed by atoms with Crippen LogP contribution in [0.4, 0.5) is 10.5 Å². The molecule has 4 rings (SSSR count). The van der Waals surface area contributed by atoms with Gasteiger partial charge in [0.05, 0.1) is 6.10 Å². The highest BCUT2D eigenvalue weighted by Gasteiger charge is 2.29. The van der Waals surface area contributed by atoms with E-state index >= 15 is 0 Å². The number of rotatable bonds is 3. The third kappa shape index (κ3) is 3.11. The van der Waals surface area contributed by atoms with Gasteiger partial charge in [-0.2, -0.15) is 0 Å². The van der Waals surface area contributed by atoms with Crippen LogP contribution < -0.4 is 5.32 Å². The van der Waals surface area contributed by atoms with Gasteiger partial charge in [-0.15, -0.1) is 0 Å². The highest BCUT2D eigenvalue weighted by Crippen LogP contribution is 2.40. The molecule has 2 N–H and O–H groups in total. The molecule has 1 aliphatic carbocycles. The van der Waals surface area contributed by atoms with Crippen molar-refractivity contribution >= 4 is 22.8 Å². The molecule has 128 valence electrons. The van der Waals surface area contributed by atoms with Gasteiger partial charge in [0.15, 0.2) is 11.5 Å². The Bertz CT molecular complexity index is 743. The van der Waals surface area contributed by atoms with Crippen molar-refractivity contribution in [2.24, 2.45) is 5.92 Å². The molecule has 6 heteroatoms. The number of urea groups is 1. The highest BCUT2D eigenvalue weighted by molar-refractivity contribution is 5.91. The summed E-state index contributed by atoms with van der Waals surface area (Å²) in [5.74, 6) is 1.58. The van der Waals surface area contributed by atoms with Crippen molar-refractivity contribution < 1.29 is 14.3 Å². The molecule has 2 aliphatic rings. The first-order valence-corrected chi connectivity index (χ1v) is 8.74. The fourth-order valence-corrected chi connectivity index (χ4v) is 3.31. The van der Waals surface area contributed by atoms with Crippen molar-refractivity contribution in [1.82, 2.24) is 9.88 Å². The molecular weight excluding hydrogens is 306 g/mol. The van der Waals surface area contributed by atoms with E-state index in [-0.39, 0.29) is 12.1 Å². The van der Waals surface area contributed by atoms with E-state index in [1.807, 2.05) is 25.1 Å². The zero-order valence-electron chi connectivity index (χ0n) is 13.9. The van der Waals surface area contributed by atoms with Crippen LogP contribution in [0.25, 0.3) is 11.1 Å². The van der Waals surface area contributed by atoms with E-state index in [9.17, 15) is 9.90 Å². The number of likely N-dealkylation sites (tertiary alicyclic amines) is 1. The Kier molecular flexibility index (Phi) is 3.92. The second kappa shape index (κ2) is 6.09. The number of aliphatic hydroxyl groups excluding tert-OH is 1. The smallest absolute Gasteiger partial charge is 0.321 e. The number of aromatic nitrogens is 1. The quantitative estimate of drug-likeness (QED) is 0.905. The molecule has 2 aromatic rings. The Morgan fingerprint density at radius 2 is 2.08 bits per heavy atom. The van der Waals surface area contributed by atoms with Crippen LogP contribution in [0, 0.1) is 5.92 Å². The monoisotopic (exact) mass is 329 g/mol. The van der Waals surface area contributed by atoms with Crippen LogP contribution in [0.3, 0.4) is 0 Å². The Hall–Kier alpha value is -2.08. The number of oxazole rings is 1. The first kappa shape index (κ1) is 15.4. The Balaban J connectivity index is 1.41. The largest absolute Gasteiger partial charge is 0.440 e. The van der Waals surface area contributed by atoms with E-state index in [0.717, 1.165) is 48.4 Å². The number of piperidine rings is 1. The lowest BCUT2D eigenvalue weighted by Crippen LogP contribution is -2.42. The molecule has 1 aromatic carbocycles. The van der Waals surface area contributed by atoms with Crippen molar-refractivity contribution in [2.45, 2.75) is 44.6 Å². The third-order valence-corrected chi connectivity index (χ3v) is 5.09.